The van der Waals surface area contributed by atoms with Crippen molar-refractivity contribution in [1.29, 1.82) is 5.41 Å². The van der Waals surface area contributed by atoms with Crippen molar-refractivity contribution in [3.8, 4) is 5.75 Å². The summed E-state index contributed by atoms with van der Waals surface area (Å²) in [5.74, 6) is 0.598. The molecule has 0 spiro atoms. The van der Waals surface area contributed by atoms with E-state index in [1.807, 2.05) is 48.5 Å². The zero-order chi connectivity index (χ0) is 17.1. The summed E-state index contributed by atoms with van der Waals surface area (Å²) >= 11 is 3.38. The van der Waals surface area contributed by atoms with Gasteiger partial charge in [-0.2, -0.15) is 0 Å². The van der Waals surface area contributed by atoms with E-state index >= 15 is 0 Å². The number of carbonyl (C=O) groups is 1. The molecule has 0 aromatic heterocycles. The highest BCUT2D eigenvalue weighted by molar-refractivity contribution is 9.10. The summed E-state index contributed by atoms with van der Waals surface area (Å²) in [5.41, 5.74) is 3.28. The Kier molecular flexibility index (Phi) is 4.62. The second kappa shape index (κ2) is 6.84. The van der Waals surface area contributed by atoms with Crippen molar-refractivity contribution in [2.24, 2.45) is 0 Å². The molecule has 0 unspecified atom stereocenters. The van der Waals surface area contributed by atoms with Gasteiger partial charge in [-0.3, -0.25) is 4.79 Å². The van der Waals surface area contributed by atoms with Crippen LogP contribution in [0.25, 0.3) is 11.6 Å². The van der Waals surface area contributed by atoms with Gasteiger partial charge in [0.1, 0.15) is 5.75 Å². The van der Waals surface area contributed by atoms with Crippen LogP contribution in [0.2, 0.25) is 0 Å². The average molecular weight is 383 g/mol. The molecule has 0 bridgehead atoms. The third-order valence-corrected chi connectivity index (χ3v) is 4.13. The summed E-state index contributed by atoms with van der Waals surface area (Å²) in [6, 6.07) is 13.1. The van der Waals surface area contributed by atoms with Crippen molar-refractivity contribution >= 4 is 44.9 Å². The zero-order valence-corrected chi connectivity index (χ0v) is 14.6. The Hall–Kier alpha value is -2.66. The quantitative estimate of drug-likeness (QED) is 0.602. The molecule has 0 radical (unpaired) electrons. The Labute approximate surface area is 148 Å². The first-order valence-corrected chi connectivity index (χ1v) is 8.10. The summed E-state index contributed by atoms with van der Waals surface area (Å²) in [6.07, 6.45) is 5.07. The molecule has 0 aliphatic carbocycles. The van der Waals surface area contributed by atoms with Gasteiger partial charge in [-0.1, -0.05) is 40.2 Å². The van der Waals surface area contributed by atoms with Gasteiger partial charge in [-0.25, -0.2) is 0 Å². The Balaban J connectivity index is 1.80. The van der Waals surface area contributed by atoms with Gasteiger partial charge in [-0.15, -0.1) is 0 Å². The van der Waals surface area contributed by atoms with E-state index in [2.05, 4.69) is 21.2 Å². The average Bonchev–Trinajstić information content (AvgIpc) is 2.88. The Morgan fingerprint density at radius 1 is 1.21 bits per heavy atom. The second-order valence-electron chi connectivity index (χ2n) is 5.26. The molecule has 24 heavy (non-hydrogen) atoms. The van der Waals surface area contributed by atoms with Crippen LogP contribution in [-0.4, -0.2) is 18.7 Å². The Morgan fingerprint density at radius 3 is 2.67 bits per heavy atom. The van der Waals surface area contributed by atoms with E-state index in [-0.39, 0.29) is 11.6 Å². The van der Waals surface area contributed by atoms with Gasteiger partial charge in [0.15, 0.2) is 0 Å². The van der Waals surface area contributed by atoms with Gasteiger partial charge in [0, 0.05) is 10.0 Å². The summed E-state index contributed by atoms with van der Waals surface area (Å²) in [6.45, 7) is 0. The van der Waals surface area contributed by atoms with E-state index in [9.17, 15) is 4.79 Å². The number of methoxy groups -OCH3 is 1. The molecule has 0 fully saturated rings. The maximum absolute atomic E-state index is 12.1. The smallest absolute Gasteiger partial charge is 0.256 e. The molecule has 2 aromatic rings. The predicted octanol–water partition coefficient (Wildman–Crippen LogP) is 4.53. The molecule has 1 aliphatic rings. The Morgan fingerprint density at radius 2 is 1.96 bits per heavy atom. The highest BCUT2D eigenvalue weighted by atomic mass is 79.9. The lowest BCUT2D eigenvalue weighted by molar-refractivity contribution is -0.110. The fourth-order valence-corrected chi connectivity index (χ4v) is 2.78. The maximum atomic E-state index is 12.1. The molecular weight excluding hydrogens is 368 g/mol. The summed E-state index contributed by atoms with van der Waals surface area (Å²) in [7, 11) is 1.62. The number of halogens is 1. The van der Waals surface area contributed by atoms with E-state index < -0.39 is 0 Å². The highest BCUT2D eigenvalue weighted by Crippen LogP contribution is 2.33. The first kappa shape index (κ1) is 16.2. The molecule has 2 N–H and O–H groups in total. The largest absolute Gasteiger partial charge is 0.497 e. The molecule has 0 atom stereocenters. The van der Waals surface area contributed by atoms with Crippen LogP contribution in [0, 0.1) is 5.41 Å². The number of nitrogens with one attached hydrogen (secondary N) is 2. The molecule has 5 heteroatoms. The van der Waals surface area contributed by atoms with Crippen LogP contribution in [0.4, 0.5) is 5.69 Å². The van der Waals surface area contributed by atoms with Crippen molar-refractivity contribution in [3.63, 3.8) is 0 Å². The molecular formula is C19H15BrN2O2. The lowest BCUT2D eigenvalue weighted by Crippen LogP contribution is -2.04. The van der Waals surface area contributed by atoms with Gasteiger partial charge in [0.2, 0.25) is 0 Å². The minimum Gasteiger partial charge on any atom is -0.497 e. The van der Waals surface area contributed by atoms with Crippen molar-refractivity contribution in [2.45, 2.75) is 0 Å². The second-order valence-corrected chi connectivity index (χ2v) is 6.18. The molecule has 1 aliphatic heterocycles. The first-order valence-electron chi connectivity index (χ1n) is 7.30. The van der Waals surface area contributed by atoms with Crippen LogP contribution in [-0.2, 0) is 4.79 Å². The van der Waals surface area contributed by atoms with Crippen molar-refractivity contribution in [2.75, 3.05) is 12.4 Å². The number of carbonyl (C=O) groups excluding carboxylic acids is 1. The van der Waals surface area contributed by atoms with Crippen LogP contribution in [0.5, 0.6) is 5.75 Å². The monoisotopic (exact) mass is 382 g/mol. The Bertz CT molecular complexity index is 867. The number of fused-ring (bicyclic) bond motifs is 1. The van der Waals surface area contributed by atoms with Crippen molar-refractivity contribution in [1.82, 2.24) is 0 Å². The molecule has 1 heterocycles. The standard InChI is InChI=1S/C19H15BrN2O2/c1-24-15-7-3-12(4-8-15)2-6-14(21)11-17-16-9-5-13(20)10-18(16)22-19(17)23/h2-11,21H,1H3,(H,22,23). The van der Waals surface area contributed by atoms with Gasteiger partial charge in [-0.05, 0) is 42.0 Å². The fraction of sp³-hybridized carbons (Fsp3) is 0.0526. The van der Waals surface area contributed by atoms with E-state index in [1.165, 1.54) is 0 Å². The lowest BCUT2D eigenvalue weighted by Gasteiger charge is -2.00. The van der Waals surface area contributed by atoms with Crippen molar-refractivity contribution < 1.29 is 9.53 Å². The maximum Gasteiger partial charge on any atom is 0.256 e. The SMILES string of the molecule is COc1ccc(C=CC(=N)C=C2C(=O)Nc3cc(Br)ccc32)cc1. The summed E-state index contributed by atoms with van der Waals surface area (Å²) in [5, 5.41) is 10.9. The van der Waals surface area contributed by atoms with Gasteiger partial charge in [0.05, 0.1) is 24.1 Å². The number of amides is 1. The van der Waals surface area contributed by atoms with Crippen LogP contribution in [0.3, 0.4) is 0 Å². The number of ether oxygens (including phenoxy) is 1. The minimum absolute atomic E-state index is 0.189. The molecule has 1 amide bonds. The van der Waals surface area contributed by atoms with E-state index in [0.717, 1.165) is 27.0 Å². The number of anilines is 1. The first-order chi connectivity index (χ1) is 11.6. The molecule has 4 nitrogen and oxygen atoms in total. The minimum atomic E-state index is -0.189. The third-order valence-electron chi connectivity index (χ3n) is 3.64. The fourth-order valence-electron chi connectivity index (χ4n) is 2.41. The molecule has 0 saturated heterocycles. The van der Waals surface area contributed by atoms with E-state index in [4.69, 9.17) is 10.1 Å². The predicted molar refractivity (Wildman–Crippen MR) is 101 cm³/mol. The lowest BCUT2D eigenvalue weighted by atomic mass is 10.1. The number of rotatable bonds is 4. The van der Waals surface area contributed by atoms with Crippen LogP contribution >= 0.6 is 15.9 Å². The number of benzene rings is 2. The van der Waals surface area contributed by atoms with Gasteiger partial charge >= 0.3 is 0 Å². The topological polar surface area (TPSA) is 62.2 Å². The number of hydrogen-bond donors (Lipinski definition) is 2. The molecule has 0 saturated carbocycles. The van der Waals surface area contributed by atoms with Gasteiger partial charge in [0.25, 0.3) is 5.91 Å². The summed E-state index contributed by atoms with van der Waals surface area (Å²) < 4.78 is 6.01. The van der Waals surface area contributed by atoms with E-state index in [1.54, 1.807) is 19.3 Å². The number of allylic oxidation sites excluding steroid dienone is 2. The molecule has 2 aromatic carbocycles. The van der Waals surface area contributed by atoms with Crippen LogP contribution < -0.4 is 10.1 Å². The van der Waals surface area contributed by atoms with Crippen LogP contribution in [0.15, 0.2) is 59.1 Å². The number of hydrogen-bond acceptors (Lipinski definition) is 3. The van der Waals surface area contributed by atoms with Crippen molar-refractivity contribution in [3.05, 3.63) is 70.2 Å². The zero-order valence-electron chi connectivity index (χ0n) is 13.0. The summed E-state index contributed by atoms with van der Waals surface area (Å²) in [4.78, 5) is 12.1. The third kappa shape index (κ3) is 3.46. The van der Waals surface area contributed by atoms with Crippen LogP contribution in [0.1, 0.15) is 11.1 Å². The molecule has 3 rings (SSSR count). The highest BCUT2D eigenvalue weighted by Gasteiger charge is 2.24. The normalized spacial score (nSPS) is 14.8. The van der Waals surface area contributed by atoms with E-state index in [0.29, 0.717) is 5.57 Å². The van der Waals surface area contributed by atoms with Gasteiger partial charge < -0.3 is 15.5 Å². The molecule has 120 valence electrons.